The lowest BCUT2D eigenvalue weighted by molar-refractivity contribution is 0.148. The molecule has 0 bridgehead atoms. The average molecular weight is 494 g/mol. The van der Waals surface area contributed by atoms with Gasteiger partial charge in [-0.3, -0.25) is 9.30 Å². The standard InChI is InChI=1S/C32H39N5/c1-24(2)25-8-10-26(11-9-25)31-17-16-30(32-33-18-19-37(31)32)34-27-12-14-29(15-13-27)36-22-20-35(21-23-36)28-6-4-3-5-7-28/h8-19,24,28,34H,3-7,20-23H2,1-2H3. The zero-order valence-electron chi connectivity index (χ0n) is 22.2. The first kappa shape index (κ1) is 24.1. The van der Waals surface area contributed by atoms with E-state index in [-0.39, 0.29) is 0 Å². The summed E-state index contributed by atoms with van der Waals surface area (Å²) in [5.74, 6) is 0.534. The van der Waals surface area contributed by atoms with Gasteiger partial charge < -0.3 is 10.2 Å². The van der Waals surface area contributed by atoms with E-state index in [1.807, 2.05) is 12.4 Å². The normalized spacial score (nSPS) is 17.5. The van der Waals surface area contributed by atoms with Crippen LogP contribution in [0.2, 0.25) is 0 Å². The summed E-state index contributed by atoms with van der Waals surface area (Å²) < 4.78 is 2.17. The summed E-state index contributed by atoms with van der Waals surface area (Å²) in [6, 6.07) is 22.9. The van der Waals surface area contributed by atoms with Gasteiger partial charge in [0, 0.05) is 56.0 Å². The topological polar surface area (TPSA) is 35.8 Å². The number of piperazine rings is 1. The predicted molar refractivity (Wildman–Crippen MR) is 155 cm³/mol. The van der Waals surface area contributed by atoms with Crippen LogP contribution in [0.25, 0.3) is 16.9 Å². The van der Waals surface area contributed by atoms with Crippen molar-refractivity contribution in [3.8, 4) is 11.3 Å². The Bertz CT molecular complexity index is 1310. The third-order valence-corrected chi connectivity index (χ3v) is 8.34. The van der Waals surface area contributed by atoms with Gasteiger partial charge in [0.1, 0.15) is 0 Å². The van der Waals surface area contributed by atoms with Crippen molar-refractivity contribution in [3.63, 3.8) is 0 Å². The SMILES string of the molecule is CC(C)c1ccc(-c2ccc(Nc3ccc(N4CCN(C5CCCCC5)CC4)cc3)c3nccn23)cc1. The Labute approximate surface area is 221 Å². The van der Waals surface area contributed by atoms with Crippen LogP contribution in [0.3, 0.4) is 0 Å². The molecule has 2 fully saturated rings. The number of rotatable bonds is 6. The molecule has 4 aromatic rings. The lowest BCUT2D eigenvalue weighted by Gasteiger charge is -2.41. The van der Waals surface area contributed by atoms with Gasteiger partial charge in [-0.05, 0) is 66.3 Å². The van der Waals surface area contributed by atoms with E-state index in [1.165, 1.54) is 62.0 Å². The summed E-state index contributed by atoms with van der Waals surface area (Å²) in [4.78, 5) is 9.95. The Balaban J connectivity index is 1.13. The fourth-order valence-electron chi connectivity index (χ4n) is 6.09. The van der Waals surface area contributed by atoms with Gasteiger partial charge >= 0.3 is 0 Å². The van der Waals surface area contributed by atoms with Crippen molar-refractivity contribution in [3.05, 3.63) is 78.6 Å². The molecule has 192 valence electrons. The molecule has 0 amide bonds. The minimum absolute atomic E-state index is 0.534. The van der Waals surface area contributed by atoms with Crippen molar-refractivity contribution in [1.29, 1.82) is 0 Å². The van der Waals surface area contributed by atoms with Gasteiger partial charge in [0.05, 0.1) is 11.4 Å². The highest BCUT2D eigenvalue weighted by Gasteiger charge is 2.25. The van der Waals surface area contributed by atoms with Crippen LogP contribution in [0.1, 0.15) is 57.4 Å². The van der Waals surface area contributed by atoms with Gasteiger partial charge in [-0.15, -0.1) is 0 Å². The lowest BCUT2D eigenvalue weighted by Crippen LogP contribution is -2.50. The second kappa shape index (κ2) is 10.6. The maximum atomic E-state index is 4.67. The maximum Gasteiger partial charge on any atom is 0.161 e. The fourth-order valence-corrected chi connectivity index (χ4v) is 6.09. The molecule has 3 heterocycles. The number of imidazole rings is 1. The Morgan fingerprint density at radius 2 is 1.54 bits per heavy atom. The second-order valence-corrected chi connectivity index (χ2v) is 11.0. The van der Waals surface area contributed by atoms with Crippen molar-refractivity contribution in [2.75, 3.05) is 36.4 Å². The second-order valence-electron chi connectivity index (χ2n) is 11.0. The van der Waals surface area contributed by atoms with E-state index in [9.17, 15) is 0 Å². The Morgan fingerprint density at radius 3 is 2.24 bits per heavy atom. The smallest absolute Gasteiger partial charge is 0.161 e. The molecular formula is C32H39N5. The van der Waals surface area contributed by atoms with Crippen LogP contribution in [-0.4, -0.2) is 46.5 Å². The Morgan fingerprint density at radius 1 is 0.811 bits per heavy atom. The molecule has 1 saturated carbocycles. The van der Waals surface area contributed by atoms with Gasteiger partial charge in [0.2, 0.25) is 0 Å². The summed E-state index contributed by atoms with van der Waals surface area (Å²) in [6.07, 6.45) is 11.0. The van der Waals surface area contributed by atoms with E-state index in [1.54, 1.807) is 0 Å². The van der Waals surface area contributed by atoms with Gasteiger partial charge in [-0.1, -0.05) is 57.4 Å². The minimum atomic E-state index is 0.534. The molecule has 5 nitrogen and oxygen atoms in total. The number of pyridine rings is 1. The molecule has 1 N–H and O–H groups in total. The van der Waals surface area contributed by atoms with E-state index >= 15 is 0 Å². The van der Waals surface area contributed by atoms with Gasteiger partial charge in [0.15, 0.2) is 5.65 Å². The summed E-state index contributed by atoms with van der Waals surface area (Å²) in [6.45, 7) is 9.09. The number of hydrogen-bond donors (Lipinski definition) is 1. The quantitative estimate of drug-likeness (QED) is 0.305. The molecule has 0 unspecified atom stereocenters. The first-order valence-corrected chi connectivity index (χ1v) is 14.1. The van der Waals surface area contributed by atoms with Crippen LogP contribution in [0.15, 0.2) is 73.1 Å². The highest BCUT2D eigenvalue weighted by atomic mass is 15.3. The molecule has 0 atom stereocenters. The molecule has 2 aromatic heterocycles. The van der Waals surface area contributed by atoms with E-state index < -0.39 is 0 Å². The molecule has 1 aliphatic carbocycles. The van der Waals surface area contributed by atoms with Crippen molar-refractivity contribution in [1.82, 2.24) is 14.3 Å². The maximum absolute atomic E-state index is 4.67. The number of benzene rings is 2. The number of hydrogen-bond acceptors (Lipinski definition) is 4. The number of aromatic nitrogens is 2. The first-order chi connectivity index (χ1) is 18.2. The van der Waals surface area contributed by atoms with Crippen LogP contribution in [0.5, 0.6) is 0 Å². The third-order valence-electron chi connectivity index (χ3n) is 8.34. The van der Waals surface area contributed by atoms with E-state index in [0.29, 0.717) is 5.92 Å². The van der Waals surface area contributed by atoms with E-state index in [2.05, 4.69) is 99.0 Å². The minimum Gasteiger partial charge on any atom is -0.369 e. The van der Waals surface area contributed by atoms with Crippen LogP contribution in [0.4, 0.5) is 17.1 Å². The molecule has 2 aliphatic rings. The fraction of sp³-hybridized carbons (Fsp3) is 0.406. The van der Waals surface area contributed by atoms with Crippen LogP contribution in [-0.2, 0) is 0 Å². The zero-order chi connectivity index (χ0) is 25.2. The van der Waals surface area contributed by atoms with Crippen LogP contribution < -0.4 is 10.2 Å². The molecule has 37 heavy (non-hydrogen) atoms. The summed E-state index contributed by atoms with van der Waals surface area (Å²) >= 11 is 0. The zero-order valence-corrected chi connectivity index (χ0v) is 22.2. The van der Waals surface area contributed by atoms with Crippen LogP contribution in [0, 0.1) is 0 Å². The van der Waals surface area contributed by atoms with Gasteiger partial charge in [-0.25, -0.2) is 4.98 Å². The lowest BCUT2D eigenvalue weighted by atomic mass is 9.94. The summed E-state index contributed by atoms with van der Waals surface area (Å²) in [5, 5.41) is 3.61. The molecule has 0 radical (unpaired) electrons. The monoisotopic (exact) mass is 493 g/mol. The number of nitrogens with one attached hydrogen (secondary N) is 1. The van der Waals surface area contributed by atoms with E-state index in [4.69, 9.17) is 0 Å². The molecular weight excluding hydrogens is 454 g/mol. The summed E-state index contributed by atoms with van der Waals surface area (Å²) in [5.41, 5.74) is 8.07. The highest BCUT2D eigenvalue weighted by Crippen LogP contribution is 2.30. The predicted octanol–water partition coefficient (Wildman–Crippen LogP) is 7.32. The molecule has 6 rings (SSSR count). The van der Waals surface area contributed by atoms with Crippen molar-refractivity contribution >= 4 is 22.7 Å². The molecule has 1 aliphatic heterocycles. The first-order valence-electron chi connectivity index (χ1n) is 14.1. The molecule has 5 heteroatoms. The number of anilines is 3. The highest BCUT2D eigenvalue weighted by molar-refractivity contribution is 5.78. The van der Waals surface area contributed by atoms with Gasteiger partial charge in [0.25, 0.3) is 0 Å². The number of fused-ring (bicyclic) bond motifs is 1. The number of nitrogens with zero attached hydrogens (tertiary/aromatic N) is 4. The van der Waals surface area contributed by atoms with Crippen molar-refractivity contribution in [2.45, 2.75) is 57.9 Å². The average Bonchev–Trinajstić information content (AvgIpc) is 3.45. The largest absolute Gasteiger partial charge is 0.369 e. The van der Waals surface area contributed by atoms with Gasteiger partial charge in [-0.2, -0.15) is 0 Å². The Hall–Kier alpha value is -3.31. The summed E-state index contributed by atoms with van der Waals surface area (Å²) in [7, 11) is 0. The van der Waals surface area contributed by atoms with Crippen LogP contribution >= 0.6 is 0 Å². The molecule has 0 spiro atoms. The van der Waals surface area contributed by atoms with Crippen molar-refractivity contribution < 1.29 is 0 Å². The third kappa shape index (κ3) is 5.10. The molecule has 1 saturated heterocycles. The molecule has 2 aromatic carbocycles. The van der Waals surface area contributed by atoms with E-state index in [0.717, 1.165) is 41.8 Å². The Kier molecular flexibility index (Phi) is 6.88. The van der Waals surface area contributed by atoms with Crippen molar-refractivity contribution in [2.24, 2.45) is 0 Å².